The second kappa shape index (κ2) is 7.20. The van der Waals surface area contributed by atoms with E-state index in [1.807, 2.05) is 0 Å². The molecular weight excluding hydrogens is 371 g/mol. The molecule has 0 spiro atoms. The van der Waals surface area contributed by atoms with Crippen molar-refractivity contribution in [3.63, 3.8) is 0 Å². The zero-order chi connectivity index (χ0) is 19.8. The first-order valence-electron chi connectivity index (χ1n) is 9.50. The molecule has 2 fully saturated rings. The summed E-state index contributed by atoms with van der Waals surface area (Å²) in [6.07, 6.45) is 1.09. The molecule has 2 N–H and O–H groups in total. The molecule has 4 rings (SSSR count). The van der Waals surface area contributed by atoms with E-state index in [9.17, 15) is 18.0 Å². The molecule has 0 atom stereocenters. The number of rotatable bonds is 4. The number of amides is 1. The minimum atomic E-state index is -4.41. The van der Waals surface area contributed by atoms with Crippen molar-refractivity contribution in [3.05, 3.63) is 47.3 Å². The summed E-state index contributed by atoms with van der Waals surface area (Å²) in [5.74, 6) is -0.405. The fraction of sp³-hybridized carbons (Fsp3) is 0.526. The van der Waals surface area contributed by atoms with E-state index in [-0.39, 0.29) is 11.7 Å². The molecule has 0 unspecified atom stereocenters. The van der Waals surface area contributed by atoms with Crippen molar-refractivity contribution in [2.75, 3.05) is 13.1 Å². The molecule has 0 radical (unpaired) electrons. The molecule has 150 valence electrons. The van der Waals surface area contributed by atoms with E-state index < -0.39 is 23.2 Å². The van der Waals surface area contributed by atoms with Gasteiger partial charge in [-0.1, -0.05) is 17.3 Å². The minimum Gasteiger partial charge on any atom is -0.341 e. The number of alkyl halides is 3. The van der Waals surface area contributed by atoms with Crippen LogP contribution < -0.4 is 10.6 Å². The molecule has 1 saturated carbocycles. The van der Waals surface area contributed by atoms with Crippen LogP contribution in [0.25, 0.3) is 0 Å². The highest BCUT2D eigenvalue weighted by molar-refractivity contribution is 5.92. The van der Waals surface area contributed by atoms with E-state index in [1.165, 1.54) is 6.07 Å². The number of nitrogens with one attached hydrogen (secondary N) is 2. The molecule has 9 heteroatoms. The standard InChI is InChI=1S/C19H22F3N5O/c20-19(21,22)14-4-1-3-13(11-14)18(7-2-8-18)24-17(28)16-12-27(26-25-16)15-5-9-23-10-6-15/h1,3-4,11-12,15,23H,2,5-10H2,(H,24,28). The minimum absolute atomic E-state index is 0.191. The number of halogens is 3. The van der Waals surface area contributed by atoms with Gasteiger partial charge >= 0.3 is 6.18 Å². The third-order valence-corrected chi connectivity index (χ3v) is 5.73. The van der Waals surface area contributed by atoms with Crippen LogP contribution in [0.1, 0.15) is 59.8 Å². The van der Waals surface area contributed by atoms with Gasteiger partial charge in [0, 0.05) is 0 Å². The van der Waals surface area contributed by atoms with Gasteiger partial charge in [0.2, 0.25) is 0 Å². The highest BCUT2D eigenvalue weighted by Gasteiger charge is 2.42. The average molecular weight is 393 g/mol. The average Bonchev–Trinajstić information content (AvgIpc) is 3.15. The Bertz CT molecular complexity index is 853. The predicted octanol–water partition coefficient (Wildman–Crippen LogP) is 3.03. The lowest BCUT2D eigenvalue weighted by Crippen LogP contribution is -2.51. The number of hydrogen-bond donors (Lipinski definition) is 2. The summed E-state index contributed by atoms with van der Waals surface area (Å²) in [4.78, 5) is 12.7. The molecule has 1 aliphatic heterocycles. The molecule has 1 aromatic carbocycles. The van der Waals surface area contributed by atoms with Gasteiger partial charge in [0.1, 0.15) is 0 Å². The summed E-state index contributed by atoms with van der Waals surface area (Å²) in [5.41, 5.74) is -0.816. The largest absolute Gasteiger partial charge is 0.416 e. The number of aromatic nitrogens is 3. The van der Waals surface area contributed by atoms with Crippen LogP contribution in [-0.2, 0) is 11.7 Å². The summed E-state index contributed by atoms with van der Waals surface area (Å²) in [7, 11) is 0. The normalized spacial score (nSPS) is 19.8. The molecular formula is C19H22F3N5O. The van der Waals surface area contributed by atoms with E-state index in [0.717, 1.165) is 44.5 Å². The van der Waals surface area contributed by atoms with Crippen molar-refractivity contribution in [2.45, 2.75) is 49.9 Å². The Morgan fingerprint density at radius 2 is 2.00 bits per heavy atom. The smallest absolute Gasteiger partial charge is 0.341 e. The summed E-state index contributed by atoms with van der Waals surface area (Å²) in [6, 6.07) is 5.41. The van der Waals surface area contributed by atoms with Crippen molar-refractivity contribution in [1.29, 1.82) is 0 Å². The van der Waals surface area contributed by atoms with Gasteiger partial charge in [0.15, 0.2) is 5.69 Å². The van der Waals surface area contributed by atoms with Gasteiger partial charge in [0.25, 0.3) is 5.91 Å². The Morgan fingerprint density at radius 1 is 1.25 bits per heavy atom. The monoisotopic (exact) mass is 393 g/mol. The fourth-order valence-corrected chi connectivity index (χ4v) is 3.92. The van der Waals surface area contributed by atoms with Crippen LogP contribution in [0, 0.1) is 0 Å². The molecule has 0 bridgehead atoms. The number of benzene rings is 1. The maximum absolute atomic E-state index is 13.1. The van der Waals surface area contributed by atoms with E-state index in [0.29, 0.717) is 18.4 Å². The van der Waals surface area contributed by atoms with E-state index in [4.69, 9.17) is 0 Å². The molecule has 1 amide bonds. The first-order valence-corrected chi connectivity index (χ1v) is 9.50. The summed E-state index contributed by atoms with van der Waals surface area (Å²) >= 11 is 0. The van der Waals surface area contributed by atoms with Crippen LogP contribution in [0.2, 0.25) is 0 Å². The van der Waals surface area contributed by atoms with Crippen LogP contribution in [0.3, 0.4) is 0 Å². The highest BCUT2D eigenvalue weighted by Crippen LogP contribution is 2.43. The highest BCUT2D eigenvalue weighted by atomic mass is 19.4. The fourth-order valence-electron chi connectivity index (χ4n) is 3.92. The van der Waals surface area contributed by atoms with Gasteiger partial charge in [-0.15, -0.1) is 5.10 Å². The van der Waals surface area contributed by atoms with E-state index in [1.54, 1.807) is 16.9 Å². The van der Waals surface area contributed by atoms with Gasteiger partial charge in [-0.25, -0.2) is 4.68 Å². The van der Waals surface area contributed by atoms with Gasteiger partial charge in [-0.3, -0.25) is 4.79 Å². The van der Waals surface area contributed by atoms with Crippen molar-refractivity contribution in [1.82, 2.24) is 25.6 Å². The number of carbonyl (C=O) groups is 1. The Hall–Kier alpha value is -2.42. The SMILES string of the molecule is O=C(NC1(c2cccc(C(F)(F)F)c2)CCC1)c1cn(C2CCNCC2)nn1. The van der Waals surface area contributed by atoms with Crippen molar-refractivity contribution in [3.8, 4) is 0 Å². The number of hydrogen-bond acceptors (Lipinski definition) is 4. The molecule has 2 heterocycles. The lowest BCUT2D eigenvalue weighted by Gasteiger charge is -2.43. The first-order chi connectivity index (χ1) is 13.4. The van der Waals surface area contributed by atoms with Gasteiger partial charge in [0.05, 0.1) is 23.3 Å². The zero-order valence-corrected chi connectivity index (χ0v) is 15.3. The third kappa shape index (κ3) is 3.63. The van der Waals surface area contributed by atoms with Crippen molar-refractivity contribution < 1.29 is 18.0 Å². The summed E-state index contributed by atoms with van der Waals surface area (Å²) in [6.45, 7) is 1.79. The first kappa shape index (κ1) is 18.9. The van der Waals surface area contributed by atoms with E-state index in [2.05, 4.69) is 20.9 Å². The second-order valence-electron chi connectivity index (χ2n) is 7.53. The van der Waals surface area contributed by atoms with Crippen LogP contribution in [0.15, 0.2) is 30.5 Å². The van der Waals surface area contributed by atoms with Crippen molar-refractivity contribution >= 4 is 5.91 Å². The Labute approximate surface area is 160 Å². The Kier molecular flexibility index (Phi) is 4.86. The lowest BCUT2D eigenvalue weighted by molar-refractivity contribution is -0.137. The van der Waals surface area contributed by atoms with Crippen LogP contribution in [-0.4, -0.2) is 34.0 Å². The molecule has 2 aromatic rings. The number of piperidine rings is 1. The van der Waals surface area contributed by atoms with Gasteiger partial charge < -0.3 is 10.6 Å². The number of nitrogens with zero attached hydrogens (tertiary/aromatic N) is 3. The Balaban J connectivity index is 1.52. The molecule has 28 heavy (non-hydrogen) atoms. The maximum atomic E-state index is 13.1. The predicted molar refractivity (Wildman–Crippen MR) is 95.6 cm³/mol. The lowest BCUT2D eigenvalue weighted by atomic mass is 9.71. The summed E-state index contributed by atoms with van der Waals surface area (Å²) in [5, 5.41) is 14.3. The van der Waals surface area contributed by atoms with Crippen molar-refractivity contribution in [2.24, 2.45) is 0 Å². The van der Waals surface area contributed by atoms with E-state index >= 15 is 0 Å². The number of carbonyl (C=O) groups excluding carboxylic acids is 1. The molecule has 2 aliphatic rings. The topological polar surface area (TPSA) is 71.8 Å². The summed E-state index contributed by atoms with van der Waals surface area (Å²) < 4.78 is 40.9. The molecule has 1 aromatic heterocycles. The van der Waals surface area contributed by atoms with Gasteiger partial charge in [-0.2, -0.15) is 13.2 Å². The maximum Gasteiger partial charge on any atom is 0.416 e. The Morgan fingerprint density at radius 3 is 2.64 bits per heavy atom. The third-order valence-electron chi connectivity index (χ3n) is 5.73. The zero-order valence-electron chi connectivity index (χ0n) is 15.3. The molecule has 1 aliphatic carbocycles. The molecule has 1 saturated heterocycles. The van der Waals surface area contributed by atoms with Gasteiger partial charge in [-0.05, 0) is 62.9 Å². The quantitative estimate of drug-likeness (QED) is 0.838. The molecule has 6 nitrogen and oxygen atoms in total. The van der Waals surface area contributed by atoms with Crippen LogP contribution in [0.5, 0.6) is 0 Å². The second-order valence-corrected chi connectivity index (χ2v) is 7.53. The van der Waals surface area contributed by atoms with Crippen LogP contribution in [0.4, 0.5) is 13.2 Å². The van der Waals surface area contributed by atoms with Crippen LogP contribution >= 0.6 is 0 Å².